The summed E-state index contributed by atoms with van der Waals surface area (Å²) >= 11 is 0. The Morgan fingerprint density at radius 3 is 1.57 bits per heavy atom. The molecule has 0 amide bonds. The zero-order chi connectivity index (χ0) is 43.1. The minimum absolute atomic E-state index is 0.458. The van der Waals surface area contributed by atoms with Gasteiger partial charge in [-0.3, -0.25) is 0 Å². The van der Waals surface area contributed by atoms with Crippen molar-refractivity contribution in [3.05, 3.63) is 282 Å². The summed E-state index contributed by atoms with van der Waals surface area (Å²) in [4.78, 5) is 2.48. The molecule has 0 unspecified atom stereocenters. The van der Waals surface area contributed by atoms with Gasteiger partial charge in [0.2, 0.25) is 0 Å². The van der Waals surface area contributed by atoms with Crippen LogP contribution in [-0.2, 0) is 10.8 Å². The zero-order valence-corrected chi connectivity index (χ0v) is 35.9. The molecule has 0 spiro atoms. The van der Waals surface area contributed by atoms with E-state index < -0.39 is 10.8 Å². The second-order valence-electron chi connectivity index (χ2n) is 17.7. The Kier molecular flexibility index (Phi) is 8.29. The first-order chi connectivity index (χ1) is 32.1. The summed E-state index contributed by atoms with van der Waals surface area (Å²) in [6.07, 6.45) is 0. The van der Waals surface area contributed by atoms with E-state index in [9.17, 15) is 0 Å². The van der Waals surface area contributed by atoms with Crippen LogP contribution in [0.3, 0.4) is 0 Å². The van der Waals surface area contributed by atoms with Gasteiger partial charge in [-0.05, 0) is 110 Å². The van der Waals surface area contributed by atoms with Gasteiger partial charge in [0.15, 0.2) is 0 Å². The van der Waals surface area contributed by atoms with Gasteiger partial charge in [0, 0.05) is 27.7 Å². The van der Waals surface area contributed by atoms with E-state index in [-0.39, 0.29) is 0 Å². The molecule has 0 fully saturated rings. The first-order valence-corrected chi connectivity index (χ1v) is 22.6. The normalized spacial score (nSPS) is 13.9. The molecule has 1 heterocycles. The van der Waals surface area contributed by atoms with E-state index in [0.717, 1.165) is 50.1 Å². The number of benzene rings is 10. The van der Waals surface area contributed by atoms with E-state index in [1.165, 1.54) is 61.2 Å². The van der Waals surface area contributed by atoms with Gasteiger partial charge in [0.05, 0.1) is 16.5 Å². The van der Waals surface area contributed by atoms with E-state index in [2.05, 4.69) is 254 Å². The highest BCUT2D eigenvalue weighted by Crippen LogP contribution is 2.59. The maximum absolute atomic E-state index is 7.19. The molecule has 2 aliphatic carbocycles. The summed E-state index contributed by atoms with van der Waals surface area (Å²) < 4.78 is 7.19. The van der Waals surface area contributed by atoms with E-state index in [4.69, 9.17) is 4.42 Å². The molecule has 2 aliphatic rings. The Hall–Kier alpha value is -8.20. The van der Waals surface area contributed by atoms with Crippen LogP contribution in [-0.4, -0.2) is 0 Å². The predicted molar refractivity (Wildman–Crippen MR) is 269 cm³/mol. The molecule has 0 atom stereocenters. The van der Waals surface area contributed by atoms with Crippen molar-refractivity contribution in [3.8, 4) is 33.4 Å². The molecular formula is C63H43NO. The van der Waals surface area contributed by atoms with E-state index >= 15 is 0 Å². The van der Waals surface area contributed by atoms with Crippen LogP contribution >= 0.6 is 0 Å². The summed E-state index contributed by atoms with van der Waals surface area (Å²) in [5.41, 5.74) is 20.1. The highest BCUT2D eigenvalue weighted by atomic mass is 16.3. The molecule has 10 aromatic carbocycles. The number of hydrogen-bond donors (Lipinski definition) is 0. The number of furan rings is 1. The average molecular weight is 830 g/mol. The molecule has 306 valence electrons. The summed E-state index contributed by atoms with van der Waals surface area (Å²) in [6, 6.07) is 89.0. The largest absolute Gasteiger partial charge is 0.456 e. The molecular weight excluding hydrogens is 787 g/mol. The number of nitrogens with zero attached hydrogens (tertiary/aromatic N) is 1. The lowest BCUT2D eigenvalue weighted by atomic mass is 9.67. The number of para-hydroxylation sites is 1. The summed E-state index contributed by atoms with van der Waals surface area (Å²) in [5, 5.41) is 2.18. The molecule has 2 heteroatoms. The Labute approximate surface area is 379 Å². The van der Waals surface area contributed by atoms with Crippen molar-refractivity contribution in [2.45, 2.75) is 17.8 Å². The van der Waals surface area contributed by atoms with Crippen molar-refractivity contribution < 1.29 is 4.42 Å². The molecule has 2 nitrogen and oxygen atoms in total. The molecule has 0 saturated carbocycles. The number of fused-ring (bicyclic) bond motifs is 9. The standard InChI is InChI=1S/C63H43NO/c1-62(53-32-15-11-28-48(53)49-29-12-16-33-54(49)62)56-38-39-58(60-52-31-14-18-35-59(52)65-61(56)60)64(46-27-19-22-43(40-46)42-20-5-2-6-21-42)47-36-37-51-50-30-13-17-34-55(50)63(57(51)41-47,44-23-7-3-8-24-44)45-25-9-4-10-26-45/h2-41H,1H3. The Bertz CT molecular complexity index is 3540. The highest BCUT2D eigenvalue weighted by molar-refractivity contribution is 6.15. The molecule has 11 aromatic rings. The molecule has 1 aromatic heterocycles. The van der Waals surface area contributed by atoms with Crippen LogP contribution in [0.4, 0.5) is 17.1 Å². The van der Waals surface area contributed by atoms with Gasteiger partial charge >= 0.3 is 0 Å². The fourth-order valence-corrected chi connectivity index (χ4v) is 11.6. The SMILES string of the molecule is CC1(c2ccc(N(c3cccc(-c4ccccc4)c3)c3ccc4c(c3)C(c3ccccc3)(c3ccccc3)c3ccccc3-4)c3c2oc2ccccc23)c2ccccc2-c2ccccc21. The van der Waals surface area contributed by atoms with Gasteiger partial charge in [-0.2, -0.15) is 0 Å². The molecule has 0 N–H and O–H groups in total. The lowest BCUT2D eigenvalue weighted by molar-refractivity contribution is 0.638. The van der Waals surface area contributed by atoms with Crippen LogP contribution < -0.4 is 4.90 Å². The fourth-order valence-electron chi connectivity index (χ4n) is 11.6. The lowest BCUT2D eigenvalue weighted by Gasteiger charge is -2.35. The molecule has 65 heavy (non-hydrogen) atoms. The van der Waals surface area contributed by atoms with Gasteiger partial charge < -0.3 is 9.32 Å². The van der Waals surface area contributed by atoms with Crippen LogP contribution in [0, 0.1) is 0 Å². The van der Waals surface area contributed by atoms with Crippen LogP contribution in [0.5, 0.6) is 0 Å². The summed E-state index contributed by atoms with van der Waals surface area (Å²) in [7, 11) is 0. The monoisotopic (exact) mass is 829 g/mol. The van der Waals surface area contributed by atoms with E-state index in [0.29, 0.717) is 0 Å². The van der Waals surface area contributed by atoms with Crippen LogP contribution in [0.15, 0.2) is 247 Å². The Morgan fingerprint density at radius 1 is 0.369 bits per heavy atom. The predicted octanol–water partition coefficient (Wildman–Crippen LogP) is 16.4. The summed E-state index contributed by atoms with van der Waals surface area (Å²) in [6.45, 7) is 2.38. The topological polar surface area (TPSA) is 16.4 Å². The number of hydrogen-bond acceptors (Lipinski definition) is 2. The van der Waals surface area contributed by atoms with Crippen molar-refractivity contribution in [2.75, 3.05) is 4.90 Å². The van der Waals surface area contributed by atoms with Crippen LogP contribution in [0.1, 0.15) is 45.9 Å². The third kappa shape index (κ3) is 5.35. The third-order valence-electron chi connectivity index (χ3n) is 14.4. The van der Waals surface area contributed by atoms with Gasteiger partial charge in [0.25, 0.3) is 0 Å². The van der Waals surface area contributed by atoms with Crippen molar-refractivity contribution in [3.63, 3.8) is 0 Å². The maximum atomic E-state index is 7.19. The Morgan fingerprint density at radius 2 is 0.892 bits per heavy atom. The van der Waals surface area contributed by atoms with Crippen molar-refractivity contribution in [2.24, 2.45) is 0 Å². The molecule has 0 bridgehead atoms. The van der Waals surface area contributed by atoms with Gasteiger partial charge in [-0.15, -0.1) is 0 Å². The molecule has 0 aliphatic heterocycles. The smallest absolute Gasteiger partial charge is 0.141 e. The van der Waals surface area contributed by atoms with Crippen molar-refractivity contribution in [1.29, 1.82) is 0 Å². The number of anilines is 3. The van der Waals surface area contributed by atoms with Gasteiger partial charge in [-0.25, -0.2) is 0 Å². The van der Waals surface area contributed by atoms with E-state index in [1.54, 1.807) is 0 Å². The first kappa shape index (κ1) is 37.4. The molecule has 13 rings (SSSR count). The lowest BCUT2D eigenvalue weighted by Crippen LogP contribution is -2.28. The number of rotatable bonds is 7. The zero-order valence-electron chi connectivity index (χ0n) is 35.9. The second-order valence-corrected chi connectivity index (χ2v) is 17.7. The van der Waals surface area contributed by atoms with Crippen molar-refractivity contribution in [1.82, 2.24) is 0 Å². The highest BCUT2D eigenvalue weighted by Gasteiger charge is 2.47. The quantitative estimate of drug-likeness (QED) is 0.159. The van der Waals surface area contributed by atoms with Gasteiger partial charge in [0.1, 0.15) is 11.2 Å². The average Bonchev–Trinajstić information content (AvgIpc) is 4.00. The summed E-state index contributed by atoms with van der Waals surface area (Å²) in [5.74, 6) is 0. The minimum atomic E-state index is -0.554. The molecule has 0 saturated heterocycles. The Balaban J connectivity index is 1.12. The van der Waals surface area contributed by atoms with E-state index in [1.807, 2.05) is 0 Å². The second kappa shape index (κ2) is 14.4. The third-order valence-corrected chi connectivity index (χ3v) is 14.4. The van der Waals surface area contributed by atoms with Gasteiger partial charge in [-0.1, -0.05) is 206 Å². The van der Waals surface area contributed by atoms with Crippen LogP contribution in [0.2, 0.25) is 0 Å². The maximum Gasteiger partial charge on any atom is 0.141 e. The minimum Gasteiger partial charge on any atom is -0.456 e. The fraction of sp³-hybridized carbons (Fsp3) is 0.0476. The molecule has 0 radical (unpaired) electrons. The van der Waals surface area contributed by atoms with Crippen LogP contribution in [0.25, 0.3) is 55.3 Å². The first-order valence-electron chi connectivity index (χ1n) is 22.6. The van der Waals surface area contributed by atoms with Crippen molar-refractivity contribution >= 4 is 39.0 Å².